The predicted octanol–water partition coefficient (Wildman–Crippen LogP) is 3.75. The summed E-state index contributed by atoms with van der Waals surface area (Å²) in [6.07, 6.45) is 0. The summed E-state index contributed by atoms with van der Waals surface area (Å²) in [4.78, 5) is 45.3. The van der Waals surface area contributed by atoms with E-state index in [2.05, 4.69) is 34.3 Å². The van der Waals surface area contributed by atoms with Crippen molar-refractivity contribution in [2.45, 2.75) is 0 Å². The van der Waals surface area contributed by atoms with Crippen molar-refractivity contribution in [3.63, 3.8) is 0 Å². The van der Waals surface area contributed by atoms with E-state index in [-0.39, 0.29) is 32.8 Å². The van der Waals surface area contributed by atoms with Crippen molar-refractivity contribution in [1.29, 1.82) is 0 Å². The molecule has 6 amide bonds. The Bertz CT molecular complexity index is 1650. The quantitative estimate of drug-likeness (QED) is 0.193. The molecule has 2 heterocycles. The molecule has 10 N–H and O–H groups in total. The van der Waals surface area contributed by atoms with Gasteiger partial charge in [-0.25, -0.2) is 18.4 Å². The predicted molar refractivity (Wildman–Crippen MR) is 157 cm³/mol. The number of nitrogens with one attached hydrogen (secondary N) is 2. The number of anilines is 2. The van der Waals surface area contributed by atoms with Crippen molar-refractivity contribution in [1.82, 2.24) is 0 Å². The number of thiophene rings is 2. The zero-order chi connectivity index (χ0) is 30.8. The number of hydrogen-bond donors (Lipinski definition) is 6. The lowest BCUT2D eigenvalue weighted by Crippen LogP contribution is -2.21. The van der Waals surface area contributed by atoms with Gasteiger partial charge in [-0.2, -0.15) is 0 Å². The van der Waals surface area contributed by atoms with E-state index in [1.165, 1.54) is 60.7 Å². The maximum absolute atomic E-state index is 12.8. The molecule has 10 nitrogen and oxygen atoms in total. The molecule has 0 aliphatic rings. The Labute approximate surface area is 245 Å². The standard InChI is InChI=1S/2C14H10FN3O2S/c2*15-9-4-1-8(2-5-9)3-6-10-7-11(12(16)19)13(21-10)18-14(17)20/h2*1-2,4-5,7H,(H2,16,19)(H3,17,18,20). The van der Waals surface area contributed by atoms with Crippen LogP contribution in [0.5, 0.6) is 0 Å². The lowest BCUT2D eigenvalue weighted by molar-refractivity contribution is 0.0993. The summed E-state index contributed by atoms with van der Waals surface area (Å²) >= 11 is 2.16. The maximum Gasteiger partial charge on any atom is 0.317 e. The molecule has 14 heteroatoms. The molecule has 0 saturated heterocycles. The third-order valence-electron chi connectivity index (χ3n) is 4.82. The maximum atomic E-state index is 12.8. The first kappa shape index (κ1) is 30.8. The Morgan fingerprint density at radius 1 is 0.571 bits per heavy atom. The normalized spacial score (nSPS) is 9.57. The minimum atomic E-state index is -0.794. The first-order chi connectivity index (χ1) is 19.9. The average molecular weight is 607 g/mol. The van der Waals surface area contributed by atoms with Crippen LogP contribution in [0.3, 0.4) is 0 Å². The molecule has 0 saturated carbocycles. The molecule has 2 aromatic carbocycles. The highest BCUT2D eigenvalue weighted by Crippen LogP contribution is 2.28. The van der Waals surface area contributed by atoms with Gasteiger partial charge in [0, 0.05) is 11.1 Å². The largest absolute Gasteiger partial charge is 0.366 e. The summed E-state index contributed by atoms with van der Waals surface area (Å²) in [6.45, 7) is 0. The second-order valence-electron chi connectivity index (χ2n) is 7.93. The first-order valence-corrected chi connectivity index (χ1v) is 13.1. The van der Waals surface area contributed by atoms with Crippen LogP contribution in [0.2, 0.25) is 0 Å². The Morgan fingerprint density at radius 2 is 0.905 bits per heavy atom. The number of primary amides is 4. The molecule has 0 radical (unpaired) electrons. The van der Waals surface area contributed by atoms with Gasteiger partial charge in [-0.15, -0.1) is 22.7 Å². The van der Waals surface area contributed by atoms with Crippen LogP contribution in [0, 0.1) is 35.3 Å². The van der Waals surface area contributed by atoms with E-state index in [1.807, 2.05) is 0 Å². The van der Waals surface area contributed by atoms with Gasteiger partial charge < -0.3 is 22.9 Å². The van der Waals surface area contributed by atoms with Gasteiger partial charge in [0.15, 0.2) is 0 Å². The van der Waals surface area contributed by atoms with Crippen molar-refractivity contribution in [2.24, 2.45) is 22.9 Å². The second kappa shape index (κ2) is 14.1. The minimum absolute atomic E-state index is 0.141. The molecule has 2 aromatic heterocycles. The number of halogens is 2. The lowest BCUT2D eigenvalue weighted by Gasteiger charge is -1.98. The molecule has 0 fully saturated rings. The van der Waals surface area contributed by atoms with Crippen molar-refractivity contribution in [2.75, 3.05) is 10.6 Å². The zero-order valence-electron chi connectivity index (χ0n) is 21.3. The number of amides is 6. The van der Waals surface area contributed by atoms with Crippen LogP contribution in [0.25, 0.3) is 0 Å². The van der Waals surface area contributed by atoms with Crippen molar-refractivity contribution in [3.8, 4) is 23.7 Å². The smallest absolute Gasteiger partial charge is 0.317 e. The molecular formula is C28H20F2N6O4S2. The van der Waals surface area contributed by atoms with Crippen molar-refractivity contribution < 1.29 is 28.0 Å². The lowest BCUT2D eigenvalue weighted by atomic mass is 10.2. The third kappa shape index (κ3) is 9.20. The average Bonchev–Trinajstić information content (AvgIpc) is 3.51. The van der Waals surface area contributed by atoms with Crippen molar-refractivity contribution in [3.05, 3.63) is 104 Å². The van der Waals surface area contributed by atoms with E-state index < -0.39 is 23.9 Å². The fourth-order valence-corrected chi connectivity index (χ4v) is 4.85. The number of urea groups is 2. The van der Waals surface area contributed by atoms with Gasteiger partial charge in [0.25, 0.3) is 11.8 Å². The summed E-state index contributed by atoms with van der Waals surface area (Å²) in [5.74, 6) is 9.20. The number of rotatable bonds is 4. The highest BCUT2D eigenvalue weighted by molar-refractivity contribution is 7.17. The number of hydrogen-bond acceptors (Lipinski definition) is 6. The fraction of sp³-hybridized carbons (Fsp3) is 0. The molecule has 0 unspecified atom stereocenters. The van der Waals surface area contributed by atoms with Crippen LogP contribution in [-0.2, 0) is 0 Å². The van der Waals surface area contributed by atoms with E-state index in [9.17, 15) is 28.0 Å². The van der Waals surface area contributed by atoms with E-state index >= 15 is 0 Å². The van der Waals surface area contributed by atoms with Crippen LogP contribution >= 0.6 is 22.7 Å². The molecule has 42 heavy (non-hydrogen) atoms. The molecule has 0 atom stereocenters. The minimum Gasteiger partial charge on any atom is -0.366 e. The second-order valence-corrected chi connectivity index (χ2v) is 10.0. The number of carbonyl (C=O) groups is 4. The third-order valence-corrected chi connectivity index (χ3v) is 6.75. The van der Waals surface area contributed by atoms with Gasteiger partial charge in [-0.05, 0) is 60.7 Å². The van der Waals surface area contributed by atoms with E-state index in [1.54, 1.807) is 0 Å². The number of benzene rings is 2. The van der Waals surface area contributed by atoms with Crippen molar-refractivity contribution >= 4 is 56.6 Å². The molecule has 0 aliphatic carbocycles. The summed E-state index contributed by atoms with van der Waals surface area (Å²) < 4.78 is 25.5. The number of carbonyl (C=O) groups excluding carboxylic acids is 4. The Kier molecular flexibility index (Phi) is 10.3. The van der Waals surface area contributed by atoms with Gasteiger partial charge in [0.05, 0.1) is 20.9 Å². The summed E-state index contributed by atoms with van der Waals surface area (Å²) in [6, 6.07) is 12.7. The van der Waals surface area contributed by atoms with Gasteiger partial charge in [-0.1, -0.05) is 23.7 Å². The van der Waals surface area contributed by atoms with Gasteiger partial charge in [-0.3, -0.25) is 20.2 Å². The Balaban J connectivity index is 0.000000230. The van der Waals surface area contributed by atoms with Crippen LogP contribution < -0.4 is 33.6 Å². The molecule has 4 rings (SSSR count). The SMILES string of the molecule is NC(=O)Nc1sc(C#Cc2ccc(F)cc2)cc1C(N)=O.NC(=O)Nc1sc(C#Cc2ccc(F)cc2)cc1C(N)=O. The molecular weight excluding hydrogens is 586 g/mol. The molecule has 0 bridgehead atoms. The van der Waals surface area contributed by atoms with E-state index in [0.717, 1.165) is 22.7 Å². The van der Waals surface area contributed by atoms with Gasteiger partial charge in [0.1, 0.15) is 21.6 Å². The zero-order valence-corrected chi connectivity index (χ0v) is 22.9. The van der Waals surface area contributed by atoms with Crippen LogP contribution in [0.15, 0.2) is 60.7 Å². The van der Waals surface area contributed by atoms with Crippen LogP contribution in [-0.4, -0.2) is 23.9 Å². The summed E-state index contributed by atoms with van der Waals surface area (Å²) in [5.41, 5.74) is 22.0. The van der Waals surface area contributed by atoms with Crippen LogP contribution in [0.4, 0.5) is 28.4 Å². The Morgan fingerprint density at radius 3 is 1.19 bits per heavy atom. The highest BCUT2D eigenvalue weighted by atomic mass is 32.1. The van der Waals surface area contributed by atoms with E-state index in [0.29, 0.717) is 20.9 Å². The Hall–Kier alpha value is -5.70. The number of nitrogens with two attached hydrogens (primary N) is 4. The van der Waals surface area contributed by atoms with E-state index in [4.69, 9.17) is 22.9 Å². The van der Waals surface area contributed by atoms with Crippen LogP contribution in [0.1, 0.15) is 41.6 Å². The topological polar surface area (TPSA) is 196 Å². The summed E-state index contributed by atoms with van der Waals surface area (Å²) in [5, 5.41) is 5.14. The van der Waals surface area contributed by atoms with Gasteiger partial charge in [0.2, 0.25) is 0 Å². The summed E-state index contributed by atoms with van der Waals surface area (Å²) in [7, 11) is 0. The molecule has 0 aliphatic heterocycles. The van der Waals surface area contributed by atoms with Gasteiger partial charge >= 0.3 is 12.1 Å². The fourth-order valence-electron chi connectivity index (χ4n) is 3.01. The first-order valence-electron chi connectivity index (χ1n) is 11.5. The highest BCUT2D eigenvalue weighted by Gasteiger charge is 2.15. The molecule has 4 aromatic rings. The molecule has 0 spiro atoms. The molecule has 212 valence electrons. The monoisotopic (exact) mass is 606 g/mol.